The van der Waals surface area contributed by atoms with Crippen molar-refractivity contribution in [1.82, 2.24) is 5.32 Å². The number of halogens is 2. The molecule has 0 aliphatic heterocycles. The Kier molecular flexibility index (Phi) is 5.65. The van der Waals surface area contributed by atoms with Crippen molar-refractivity contribution in [3.05, 3.63) is 40.6 Å². The molecule has 0 bridgehead atoms. The molecule has 1 atom stereocenters. The summed E-state index contributed by atoms with van der Waals surface area (Å²) in [5.74, 6) is 0.256. The fraction of sp³-hybridized carbons (Fsp3) is 0.385. The molecule has 0 heterocycles. The number of nitrogens with one attached hydrogen (secondary N) is 1. The number of hydrogen-bond donors (Lipinski definition) is 1. The van der Waals surface area contributed by atoms with Crippen LogP contribution in [0.15, 0.2) is 29.3 Å². The SMILES string of the molecule is C=C(Br)COc1cc(F)ccc1C(C)NCC. The monoisotopic (exact) mass is 301 g/mol. The van der Waals surface area contributed by atoms with Crippen molar-refractivity contribution >= 4 is 15.9 Å². The first-order valence-electron chi connectivity index (χ1n) is 5.53. The van der Waals surface area contributed by atoms with Gasteiger partial charge in [-0.05, 0) is 19.5 Å². The van der Waals surface area contributed by atoms with Crippen molar-refractivity contribution in [3.63, 3.8) is 0 Å². The molecule has 1 aromatic carbocycles. The van der Waals surface area contributed by atoms with Crippen LogP contribution < -0.4 is 10.1 Å². The Bertz CT molecular complexity index is 395. The Hall–Kier alpha value is -0.870. The molecule has 0 fully saturated rings. The highest BCUT2D eigenvalue weighted by molar-refractivity contribution is 9.11. The fourth-order valence-corrected chi connectivity index (χ4v) is 1.68. The molecule has 94 valence electrons. The molecule has 17 heavy (non-hydrogen) atoms. The van der Waals surface area contributed by atoms with E-state index < -0.39 is 0 Å². The lowest BCUT2D eigenvalue weighted by molar-refractivity contribution is 0.350. The molecule has 4 heteroatoms. The summed E-state index contributed by atoms with van der Waals surface area (Å²) in [6.07, 6.45) is 0. The molecule has 1 N–H and O–H groups in total. The first kappa shape index (κ1) is 14.2. The molecule has 0 saturated heterocycles. The fourth-order valence-electron chi connectivity index (χ4n) is 1.56. The average Bonchev–Trinajstić information content (AvgIpc) is 2.26. The van der Waals surface area contributed by atoms with E-state index in [0.717, 1.165) is 16.6 Å². The zero-order valence-corrected chi connectivity index (χ0v) is 11.7. The van der Waals surface area contributed by atoms with E-state index in [4.69, 9.17) is 4.74 Å². The first-order chi connectivity index (χ1) is 8.04. The van der Waals surface area contributed by atoms with Crippen molar-refractivity contribution < 1.29 is 9.13 Å². The molecular formula is C13H17BrFNO. The van der Waals surface area contributed by atoms with Crippen molar-refractivity contribution in [1.29, 1.82) is 0 Å². The van der Waals surface area contributed by atoms with E-state index in [1.165, 1.54) is 12.1 Å². The minimum atomic E-state index is -0.298. The van der Waals surface area contributed by atoms with Gasteiger partial charge in [-0.3, -0.25) is 0 Å². The lowest BCUT2D eigenvalue weighted by Crippen LogP contribution is -2.18. The molecule has 0 aromatic heterocycles. The summed E-state index contributed by atoms with van der Waals surface area (Å²) in [6.45, 7) is 8.91. The summed E-state index contributed by atoms with van der Waals surface area (Å²) in [5.41, 5.74) is 0.946. The Balaban J connectivity index is 2.90. The van der Waals surface area contributed by atoms with Crippen LogP contribution in [0.2, 0.25) is 0 Å². The first-order valence-corrected chi connectivity index (χ1v) is 6.32. The average molecular weight is 302 g/mol. The third-order valence-corrected chi connectivity index (χ3v) is 2.57. The van der Waals surface area contributed by atoms with Crippen LogP contribution in [0.1, 0.15) is 25.5 Å². The molecule has 0 aliphatic rings. The lowest BCUT2D eigenvalue weighted by atomic mass is 10.1. The Morgan fingerprint density at radius 3 is 2.88 bits per heavy atom. The predicted octanol–water partition coefficient (Wildman–Crippen LogP) is 3.78. The summed E-state index contributed by atoms with van der Waals surface area (Å²) in [4.78, 5) is 0. The van der Waals surface area contributed by atoms with Gasteiger partial charge in [-0.2, -0.15) is 0 Å². The van der Waals surface area contributed by atoms with E-state index in [0.29, 0.717) is 12.4 Å². The summed E-state index contributed by atoms with van der Waals surface area (Å²) >= 11 is 3.21. The topological polar surface area (TPSA) is 21.3 Å². The van der Waals surface area contributed by atoms with Crippen LogP contribution in [0.3, 0.4) is 0 Å². The van der Waals surface area contributed by atoms with Crippen molar-refractivity contribution in [2.75, 3.05) is 13.2 Å². The zero-order valence-electron chi connectivity index (χ0n) is 10.1. The van der Waals surface area contributed by atoms with Gasteiger partial charge in [-0.15, -0.1) is 0 Å². The minimum Gasteiger partial charge on any atom is -0.488 e. The second-order valence-corrected chi connectivity index (χ2v) is 4.89. The second kappa shape index (κ2) is 6.77. The van der Waals surface area contributed by atoms with Crippen molar-refractivity contribution in [2.45, 2.75) is 19.9 Å². The van der Waals surface area contributed by atoms with Gasteiger partial charge in [-0.25, -0.2) is 4.39 Å². The summed E-state index contributed by atoms with van der Waals surface area (Å²) in [6, 6.07) is 4.71. The molecule has 0 radical (unpaired) electrons. The zero-order chi connectivity index (χ0) is 12.8. The van der Waals surface area contributed by atoms with Gasteiger partial charge in [0.1, 0.15) is 18.2 Å². The molecule has 1 aromatic rings. The molecule has 0 saturated carbocycles. The van der Waals surface area contributed by atoms with E-state index >= 15 is 0 Å². The smallest absolute Gasteiger partial charge is 0.127 e. The van der Waals surface area contributed by atoms with E-state index in [2.05, 4.69) is 27.8 Å². The highest BCUT2D eigenvalue weighted by Crippen LogP contribution is 2.26. The quantitative estimate of drug-likeness (QED) is 0.863. The van der Waals surface area contributed by atoms with Gasteiger partial charge >= 0.3 is 0 Å². The number of benzene rings is 1. The van der Waals surface area contributed by atoms with E-state index in [1.807, 2.05) is 13.8 Å². The van der Waals surface area contributed by atoms with Gasteiger partial charge < -0.3 is 10.1 Å². The van der Waals surface area contributed by atoms with Gasteiger partial charge in [0, 0.05) is 22.2 Å². The van der Waals surface area contributed by atoms with Gasteiger partial charge in [0.25, 0.3) is 0 Å². The van der Waals surface area contributed by atoms with Crippen LogP contribution in [0.25, 0.3) is 0 Å². The van der Waals surface area contributed by atoms with Gasteiger partial charge in [-0.1, -0.05) is 35.5 Å². The minimum absolute atomic E-state index is 0.124. The van der Waals surface area contributed by atoms with Crippen LogP contribution in [0.5, 0.6) is 5.75 Å². The highest BCUT2D eigenvalue weighted by Gasteiger charge is 2.12. The summed E-state index contributed by atoms with van der Waals surface area (Å²) < 4.78 is 19.4. The normalized spacial score (nSPS) is 12.2. The number of rotatable bonds is 6. The molecule has 0 amide bonds. The molecule has 0 aliphatic carbocycles. The Morgan fingerprint density at radius 1 is 1.59 bits per heavy atom. The predicted molar refractivity (Wildman–Crippen MR) is 72.1 cm³/mol. The molecule has 2 nitrogen and oxygen atoms in total. The molecule has 1 unspecified atom stereocenters. The van der Waals surface area contributed by atoms with Crippen LogP contribution in [0.4, 0.5) is 4.39 Å². The lowest BCUT2D eigenvalue weighted by Gasteiger charge is -2.17. The molecule has 0 spiro atoms. The van der Waals surface area contributed by atoms with Crippen LogP contribution in [-0.4, -0.2) is 13.2 Å². The standard InChI is InChI=1S/C13H17BrFNO/c1-4-16-10(3)12-6-5-11(15)7-13(12)17-8-9(2)14/h5-7,10,16H,2,4,8H2,1,3H3. The maximum Gasteiger partial charge on any atom is 0.127 e. The van der Waals surface area contributed by atoms with Gasteiger partial charge in [0.2, 0.25) is 0 Å². The second-order valence-electron chi connectivity index (χ2n) is 3.77. The van der Waals surface area contributed by atoms with Crippen LogP contribution >= 0.6 is 15.9 Å². The van der Waals surface area contributed by atoms with Crippen LogP contribution in [0, 0.1) is 5.82 Å². The van der Waals surface area contributed by atoms with E-state index in [1.54, 1.807) is 6.07 Å². The third kappa shape index (κ3) is 4.48. The van der Waals surface area contributed by atoms with Crippen molar-refractivity contribution in [3.8, 4) is 5.75 Å². The van der Waals surface area contributed by atoms with Crippen LogP contribution in [-0.2, 0) is 0 Å². The van der Waals surface area contributed by atoms with Gasteiger partial charge in [0.15, 0.2) is 0 Å². The molecular weight excluding hydrogens is 285 g/mol. The Labute approximate surface area is 110 Å². The summed E-state index contributed by atoms with van der Waals surface area (Å²) in [7, 11) is 0. The van der Waals surface area contributed by atoms with E-state index in [-0.39, 0.29) is 11.9 Å². The maximum atomic E-state index is 13.2. The number of ether oxygens (including phenoxy) is 1. The number of hydrogen-bond acceptors (Lipinski definition) is 2. The highest BCUT2D eigenvalue weighted by atomic mass is 79.9. The Morgan fingerprint density at radius 2 is 2.29 bits per heavy atom. The maximum absolute atomic E-state index is 13.2. The molecule has 1 rings (SSSR count). The largest absolute Gasteiger partial charge is 0.488 e. The summed E-state index contributed by atoms with van der Waals surface area (Å²) in [5, 5.41) is 3.27. The van der Waals surface area contributed by atoms with Crippen molar-refractivity contribution in [2.24, 2.45) is 0 Å². The van der Waals surface area contributed by atoms with Gasteiger partial charge in [0.05, 0.1) is 0 Å². The third-order valence-electron chi connectivity index (χ3n) is 2.34. The van der Waals surface area contributed by atoms with E-state index in [9.17, 15) is 4.39 Å².